The Balaban J connectivity index is 2.28. The van der Waals surface area contributed by atoms with E-state index < -0.39 is 6.10 Å². The Morgan fingerprint density at radius 1 is 1.75 bits per heavy atom. The average molecular weight is 173 g/mol. The number of nitrogens with one attached hydrogen (secondary N) is 1. The quantitative estimate of drug-likeness (QED) is 0.573. The molecule has 0 unspecified atom stereocenters. The van der Waals surface area contributed by atoms with Crippen LogP contribution in [0.1, 0.15) is 20.3 Å². The third-order valence-corrected chi connectivity index (χ3v) is 1.82. The largest absolute Gasteiger partial charge is 0.458 e. The zero-order valence-corrected chi connectivity index (χ0v) is 7.41. The number of aliphatic hydroxyl groups excluding tert-OH is 1. The molecule has 0 radical (unpaired) electrons. The van der Waals surface area contributed by atoms with E-state index in [4.69, 9.17) is 4.74 Å². The molecule has 1 aliphatic rings. The van der Waals surface area contributed by atoms with Gasteiger partial charge in [-0.25, -0.2) is 0 Å². The molecule has 0 aromatic rings. The second-order valence-corrected chi connectivity index (χ2v) is 3.36. The summed E-state index contributed by atoms with van der Waals surface area (Å²) in [6.07, 6.45) is -0.867. The number of carbonyl (C=O) groups is 1. The molecule has 1 heterocycles. The Morgan fingerprint density at radius 2 is 2.42 bits per heavy atom. The predicted molar refractivity (Wildman–Crippen MR) is 43.6 cm³/mol. The summed E-state index contributed by atoms with van der Waals surface area (Å²) in [4.78, 5) is 10.7. The van der Waals surface area contributed by atoms with E-state index in [1.54, 1.807) is 0 Å². The van der Waals surface area contributed by atoms with Gasteiger partial charge in [0.25, 0.3) is 0 Å². The van der Waals surface area contributed by atoms with E-state index in [0.717, 1.165) is 0 Å². The lowest BCUT2D eigenvalue weighted by molar-refractivity contribution is -0.141. The van der Waals surface area contributed by atoms with Crippen molar-refractivity contribution in [2.75, 3.05) is 6.54 Å². The van der Waals surface area contributed by atoms with Crippen molar-refractivity contribution in [3.8, 4) is 0 Å². The molecule has 70 valence electrons. The minimum atomic E-state index is -0.635. The van der Waals surface area contributed by atoms with E-state index in [-0.39, 0.29) is 18.5 Å². The summed E-state index contributed by atoms with van der Waals surface area (Å²) in [7, 11) is 0. The van der Waals surface area contributed by atoms with Crippen LogP contribution < -0.4 is 5.32 Å². The van der Waals surface area contributed by atoms with Crippen molar-refractivity contribution in [2.24, 2.45) is 0 Å². The van der Waals surface area contributed by atoms with Crippen molar-refractivity contribution < 1.29 is 14.6 Å². The summed E-state index contributed by atoms with van der Waals surface area (Å²) >= 11 is 0. The van der Waals surface area contributed by atoms with Gasteiger partial charge in [-0.1, -0.05) is 13.8 Å². The maximum atomic E-state index is 10.7. The highest BCUT2D eigenvalue weighted by Gasteiger charge is 2.32. The van der Waals surface area contributed by atoms with Gasteiger partial charge in [-0.15, -0.1) is 0 Å². The Labute approximate surface area is 71.9 Å². The Bertz CT molecular complexity index is 170. The molecule has 2 atom stereocenters. The van der Waals surface area contributed by atoms with Gasteiger partial charge in [0.2, 0.25) is 0 Å². The van der Waals surface area contributed by atoms with Gasteiger partial charge in [-0.05, 0) is 0 Å². The van der Waals surface area contributed by atoms with Crippen molar-refractivity contribution >= 4 is 5.97 Å². The van der Waals surface area contributed by atoms with Crippen molar-refractivity contribution in [3.05, 3.63) is 0 Å². The number of hydrogen-bond acceptors (Lipinski definition) is 4. The molecule has 0 saturated carbocycles. The predicted octanol–water partition coefficient (Wildman–Crippen LogP) is -0.339. The number of rotatable bonds is 3. The van der Waals surface area contributed by atoms with E-state index in [1.807, 2.05) is 13.8 Å². The summed E-state index contributed by atoms with van der Waals surface area (Å²) in [5.74, 6) is -0.307. The second kappa shape index (κ2) is 3.87. The van der Waals surface area contributed by atoms with E-state index in [2.05, 4.69) is 5.32 Å². The molecule has 1 rings (SSSR count). The molecule has 1 fully saturated rings. The first kappa shape index (κ1) is 9.48. The average Bonchev–Trinajstić information content (AvgIpc) is 2.26. The van der Waals surface area contributed by atoms with Gasteiger partial charge in [0.15, 0.2) is 0 Å². The summed E-state index contributed by atoms with van der Waals surface area (Å²) in [6.45, 7) is 4.54. The molecule has 2 N–H and O–H groups in total. The maximum absolute atomic E-state index is 10.7. The van der Waals surface area contributed by atoms with Gasteiger partial charge < -0.3 is 15.2 Å². The number of carbonyl (C=O) groups excluding carboxylic acids is 1. The molecule has 0 aliphatic carbocycles. The van der Waals surface area contributed by atoms with Crippen LogP contribution in [-0.2, 0) is 9.53 Å². The van der Waals surface area contributed by atoms with Crippen LogP contribution in [0.25, 0.3) is 0 Å². The van der Waals surface area contributed by atoms with Crippen LogP contribution in [-0.4, -0.2) is 35.9 Å². The first-order valence-electron chi connectivity index (χ1n) is 4.20. The molecule has 12 heavy (non-hydrogen) atoms. The molecule has 4 heteroatoms. The first-order chi connectivity index (χ1) is 5.59. The lowest BCUT2D eigenvalue weighted by atomic mass is 10.2. The topological polar surface area (TPSA) is 58.6 Å². The van der Waals surface area contributed by atoms with Crippen LogP contribution in [0, 0.1) is 0 Å². The number of esters is 1. The minimum Gasteiger partial charge on any atom is -0.458 e. The fraction of sp³-hybridized carbons (Fsp3) is 0.875. The van der Waals surface area contributed by atoms with Crippen molar-refractivity contribution in [2.45, 2.75) is 38.5 Å². The smallest absolute Gasteiger partial charge is 0.308 e. The lowest BCUT2D eigenvalue weighted by Crippen LogP contribution is -2.36. The minimum absolute atomic E-state index is 0.129. The number of ether oxygens (including phenoxy) is 1. The molecule has 4 nitrogen and oxygen atoms in total. The van der Waals surface area contributed by atoms with Gasteiger partial charge in [0.05, 0.1) is 6.42 Å². The van der Waals surface area contributed by atoms with E-state index >= 15 is 0 Å². The highest BCUT2D eigenvalue weighted by molar-refractivity contribution is 5.72. The van der Waals surface area contributed by atoms with E-state index in [1.165, 1.54) is 0 Å². The van der Waals surface area contributed by atoms with E-state index in [9.17, 15) is 9.90 Å². The third-order valence-electron chi connectivity index (χ3n) is 1.82. The van der Waals surface area contributed by atoms with Crippen LogP contribution in [0.4, 0.5) is 0 Å². The lowest BCUT2D eigenvalue weighted by Gasteiger charge is -2.15. The maximum Gasteiger partial charge on any atom is 0.308 e. The summed E-state index contributed by atoms with van der Waals surface area (Å²) in [5, 5.41) is 12.4. The monoisotopic (exact) mass is 173 g/mol. The standard InChI is InChI=1S/C8H15NO3/c1-5(2)9-4-7-6(10)3-8(11)12-7/h5-7,9-10H,3-4H2,1-2H3/t6-,7-/m1/s1. The molecule has 0 bridgehead atoms. The molecular formula is C8H15NO3. The normalized spacial score (nSPS) is 29.5. The zero-order chi connectivity index (χ0) is 9.14. The Kier molecular flexibility index (Phi) is 3.05. The van der Waals surface area contributed by atoms with Gasteiger partial charge >= 0.3 is 5.97 Å². The Hall–Kier alpha value is -0.610. The SMILES string of the molecule is CC(C)NC[C@H]1OC(=O)C[C@H]1O. The molecule has 0 spiro atoms. The fourth-order valence-electron chi connectivity index (χ4n) is 1.13. The van der Waals surface area contributed by atoms with Gasteiger partial charge in [0.1, 0.15) is 12.2 Å². The van der Waals surface area contributed by atoms with Crippen LogP contribution in [0.15, 0.2) is 0 Å². The number of hydrogen-bond donors (Lipinski definition) is 2. The molecule has 1 saturated heterocycles. The van der Waals surface area contributed by atoms with E-state index in [0.29, 0.717) is 12.6 Å². The second-order valence-electron chi connectivity index (χ2n) is 3.36. The molecular weight excluding hydrogens is 158 g/mol. The zero-order valence-electron chi connectivity index (χ0n) is 7.41. The van der Waals surface area contributed by atoms with Crippen LogP contribution in [0.2, 0.25) is 0 Å². The molecule has 0 amide bonds. The molecule has 0 aromatic heterocycles. The number of aliphatic hydroxyl groups is 1. The Morgan fingerprint density at radius 3 is 2.83 bits per heavy atom. The van der Waals surface area contributed by atoms with Crippen molar-refractivity contribution in [1.29, 1.82) is 0 Å². The first-order valence-corrected chi connectivity index (χ1v) is 4.20. The number of cyclic esters (lactones) is 1. The third kappa shape index (κ3) is 2.46. The highest BCUT2D eigenvalue weighted by atomic mass is 16.6. The van der Waals surface area contributed by atoms with Gasteiger partial charge in [-0.3, -0.25) is 4.79 Å². The molecule has 0 aromatic carbocycles. The fourth-order valence-corrected chi connectivity index (χ4v) is 1.13. The summed E-state index contributed by atoms with van der Waals surface area (Å²) < 4.78 is 4.87. The van der Waals surface area contributed by atoms with Crippen LogP contribution in [0.3, 0.4) is 0 Å². The van der Waals surface area contributed by atoms with Gasteiger partial charge in [-0.2, -0.15) is 0 Å². The van der Waals surface area contributed by atoms with Gasteiger partial charge in [0, 0.05) is 12.6 Å². The van der Waals surface area contributed by atoms with Crippen LogP contribution in [0.5, 0.6) is 0 Å². The highest BCUT2D eigenvalue weighted by Crippen LogP contribution is 2.13. The summed E-state index contributed by atoms with van der Waals surface area (Å²) in [6, 6.07) is 0.344. The van der Waals surface area contributed by atoms with Crippen molar-refractivity contribution in [3.63, 3.8) is 0 Å². The molecule has 1 aliphatic heterocycles. The van der Waals surface area contributed by atoms with Crippen molar-refractivity contribution in [1.82, 2.24) is 5.32 Å². The van der Waals surface area contributed by atoms with Crippen LogP contribution >= 0.6 is 0 Å². The summed E-state index contributed by atoms with van der Waals surface area (Å²) in [5.41, 5.74) is 0.